The second kappa shape index (κ2) is 6.84. The molecule has 4 aliphatic rings. The monoisotopic (exact) mass is 507 g/mol. The van der Waals surface area contributed by atoms with E-state index in [2.05, 4.69) is 4.98 Å². The third kappa shape index (κ3) is 2.43. The fourth-order valence-electron chi connectivity index (χ4n) is 6.39. The van der Waals surface area contributed by atoms with Crippen LogP contribution < -0.4 is 0 Å². The minimum absolute atomic E-state index is 0.000311. The predicted molar refractivity (Wildman–Crippen MR) is 122 cm³/mol. The number of hydrogen-bond donors (Lipinski definition) is 0. The molecule has 166 valence electrons. The number of pyridine rings is 1. The van der Waals surface area contributed by atoms with Crippen molar-refractivity contribution < 1.29 is 19.2 Å². The Morgan fingerprint density at radius 2 is 1.21 bits per heavy atom. The summed E-state index contributed by atoms with van der Waals surface area (Å²) >= 11 is 0.000311. The van der Waals surface area contributed by atoms with Crippen molar-refractivity contribution in [2.45, 2.75) is 63.5 Å². The van der Waals surface area contributed by atoms with Crippen LogP contribution in [0.4, 0.5) is 0 Å². The first-order valence-corrected chi connectivity index (χ1v) is 13.7. The van der Waals surface area contributed by atoms with E-state index in [9.17, 15) is 19.2 Å². The SMILES string of the molecule is O=C1c2cnc3c4c(c5c[se]cc5c(c24)C(=O)N1C1CCCC1)C(=O)N(C1CCCC1)C3=O. The van der Waals surface area contributed by atoms with E-state index in [4.69, 9.17) is 0 Å². The molecule has 0 saturated heterocycles. The van der Waals surface area contributed by atoms with Crippen molar-refractivity contribution in [1.29, 1.82) is 0 Å². The standard InChI is InChI=1S/C25H21N3O4Se/c29-22-14-9-26-21-20-17(14)18(23(30)27(22)12-5-1-2-6-12)15-10-33-11-16(15)19(20)24(31)28(25(21)32)13-7-3-4-8-13/h9-13H,1-8H2. The Bertz CT molecular complexity index is 1320. The van der Waals surface area contributed by atoms with Gasteiger partial charge in [0.1, 0.15) is 0 Å². The van der Waals surface area contributed by atoms with Crippen molar-refractivity contribution in [1.82, 2.24) is 14.8 Å². The zero-order valence-electron chi connectivity index (χ0n) is 17.9. The van der Waals surface area contributed by atoms with Gasteiger partial charge >= 0.3 is 196 Å². The van der Waals surface area contributed by atoms with Gasteiger partial charge in [0, 0.05) is 0 Å². The second-order valence-electron chi connectivity index (χ2n) is 9.56. The maximum atomic E-state index is 13.8. The summed E-state index contributed by atoms with van der Waals surface area (Å²) in [4.78, 5) is 66.0. The van der Waals surface area contributed by atoms with E-state index in [0.29, 0.717) is 27.5 Å². The molecule has 2 aliphatic carbocycles. The van der Waals surface area contributed by atoms with Gasteiger partial charge in [0.05, 0.1) is 0 Å². The van der Waals surface area contributed by atoms with Crippen LogP contribution in [0.25, 0.3) is 21.5 Å². The normalized spacial score (nSPS) is 21.5. The van der Waals surface area contributed by atoms with Crippen molar-refractivity contribution in [2.24, 2.45) is 0 Å². The van der Waals surface area contributed by atoms with Gasteiger partial charge in [0.25, 0.3) is 0 Å². The number of nitrogens with zero attached hydrogens (tertiary/aromatic N) is 3. The number of imide groups is 2. The van der Waals surface area contributed by atoms with Gasteiger partial charge in [-0.15, -0.1) is 0 Å². The van der Waals surface area contributed by atoms with Gasteiger partial charge < -0.3 is 0 Å². The van der Waals surface area contributed by atoms with Gasteiger partial charge in [-0.05, 0) is 0 Å². The Morgan fingerprint density at radius 3 is 1.79 bits per heavy atom. The van der Waals surface area contributed by atoms with Crippen LogP contribution in [0.2, 0.25) is 0 Å². The topological polar surface area (TPSA) is 87.7 Å². The van der Waals surface area contributed by atoms with Crippen LogP contribution in [0.3, 0.4) is 0 Å². The van der Waals surface area contributed by atoms with Crippen LogP contribution in [-0.4, -0.2) is 65.0 Å². The molecule has 0 atom stereocenters. The molecule has 7 nitrogen and oxygen atoms in total. The summed E-state index contributed by atoms with van der Waals surface area (Å²) in [6, 6.07) is -0.219. The average Bonchev–Trinajstić information content (AvgIpc) is 3.58. The van der Waals surface area contributed by atoms with Gasteiger partial charge in [-0.2, -0.15) is 0 Å². The first kappa shape index (κ1) is 19.6. The molecule has 1 aromatic carbocycles. The summed E-state index contributed by atoms with van der Waals surface area (Å²) < 4.78 is 0. The quantitative estimate of drug-likeness (QED) is 0.392. The van der Waals surface area contributed by atoms with Crippen LogP contribution in [0.5, 0.6) is 0 Å². The molecule has 2 saturated carbocycles. The van der Waals surface area contributed by atoms with E-state index >= 15 is 0 Å². The zero-order valence-corrected chi connectivity index (χ0v) is 19.6. The van der Waals surface area contributed by atoms with Crippen LogP contribution in [-0.2, 0) is 0 Å². The summed E-state index contributed by atoms with van der Waals surface area (Å²) in [6.07, 6.45) is 8.69. The molecule has 0 unspecified atom stereocenters. The summed E-state index contributed by atoms with van der Waals surface area (Å²) in [7, 11) is 0. The van der Waals surface area contributed by atoms with E-state index in [1.165, 1.54) is 16.0 Å². The molecule has 0 spiro atoms. The number of amides is 4. The molecule has 4 amide bonds. The minimum atomic E-state index is -0.401. The van der Waals surface area contributed by atoms with Crippen molar-refractivity contribution in [3.63, 3.8) is 0 Å². The molecule has 7 rings (SSSR count). The Labute approximate surface area is 195 Å². The summed E-state index contributed by atoms with van der Waals surface area (Å²) in [5.41, 5.74) is 1.45. The van der Waals surface area contributed by atoms with E-state index < -0.39 is 5.91 Å². The second-order valence-corrected chi connectivity index (χ2v) is 11.1. The van der Waals surface area contributed by atoms with Gasteiger partial charge in [0.15, 0.2) is 0 Å². The van der Waals surface area contributed by atoms with E-state index in [1.54, 1.807) is 0 Å². The van der Waals surface area contributed by atoms with Crippen molar-refractivity contribution in [3.8, 4) is 0 Å². The molecule has 4 heterocycles. The van der Waals surface area contributed by atoms with Crippen LogP contribution in [0.15, 0.2) is 16.1 Å². The molecule has 2 aliphatic heterocycles. The molecule has 3 aromatic rings. The molecule has 2 fully saturated rings. The first-order valence-electron chi connectivity index (χ1n) is 11.7. The third-order valence-corrected chi connectivity index (χ3v) is 9.46. The van der Waals surface area contributed by atoms with E-state index in [-0.39, 0.29) is 50.0 Å². The molecule has 0 N–H and O–H groups in total. The number of benzene rings is 1. The van der Waals surface area contributed by atoms with Crippen LogP contribution >= 0.6 is 0 Å². The molecular formula is C25H21N3O4Se. The van der Waals surface area contributed by atoms with Gasteiger partial charge in [-0.3, -0.25) is 0 Å². The van der Waals surface area contributed by atoms with Gasteiger partial charge in [-0.25, -0.2) is 0 Å². The number of fused-ring (bicyclic) bond motifs is 3. The number of carbonyl (C=O) groups excluding carboxylic acids is 4. The third-order valence-electron chi connectivity index (χ3n) is 7.90. The number of hydrogen-bond acceptors (Lipinski definition) is 5. The maximum absolute atomic E-state index is 13.8. The molecule has 2 aromatic heterocycles. The Hall–Kier alpha value is -2.83. The average molecular weight is 506 g/mol. The van der Waals surface area contributed by atoms with Gasteiger partial charge in [0.2, 0.25) is 0 Å². The molecule has 0 radical (unpaired) electrons. The predicted octanol–water partition coefficient (Wildman–Crippen LogP) is 3.52. The Morgan fingerprint density at radius 1 is 0.697 bits per heavy atom. The van der Waals surface area contributed by atoms with Crippen molar-refractivity contribution >= 4 is 59.7 Å². The van der Waals surface area contributed by atoms with E-state index in [1.807, 2.05) is 9.88 Å². The Kier molecular flexibility index (Phi) is 4.07. The number of carbonyl (C=O) groups is 4. The molecule has 8 heteroatoms. The zero-order chi connectivity index (χ0) is 22.4. The van der Waals surface area contributed by atoms with Crippen LogP contribution in [0, 0.1) is 0 Å². The first-order chi connectivity index (χ1) is 16.1. The molecule has 33 heavy (non-hydrogen) atoms. The van der Waals surface area contributed by atoms with Gasteiger partial charge in [-0.1, -0.05) is 0 Å². The van der Waals surface area contributed by atoms with Crippen LogP contribution in [0.1, 0.15) is 92.9 Å². The molecular weight excluding hydrogens is 485 g/mol. The summed E-state index contributed by atoms with van der Waals surface area (Å²) in [5.74, 6) is -1.35. The number of aromatic nitrogens is 1. The fourth-order valence-corrected chi connectivity index (χ4v) is 8.14. The molecule has 0 bridgehead atoms. The number of rotatable bonds is 2. The fraction of sp³-hybridized carbons (Fsp3) is 0.400. The Balaban J connectivity index is 1.55. The van der Waals surface area contributed by atoms with Crippen molar-refractivity contribution in [3.05, 3.63) is 38.5 Å². The van der Waals surface area contributed by atoms with E-state index in [0.717, 1.165) is 62.1 Å². The van der Waals surface area contributed by atoms with Crippen molar-refractivity contribution in [2.75, 3.05) is 0 Å². The summed E-state index contributed by atoms with van der Waals surface area (Å²) in [6.45, 7) is 0. The summed E-state index contributed by atoms with van der Waals surface area (Å²) in [5, 5.41) is 2.35.